The summed E-state index contributed by atoms with van der Waals surface area (Å²) >= 11 is 0. The fourth-order valence-electron chi connectivity index (χ4n) is 1.24. The molecule has 0 amide bonds. The van der Waals surface area contributed by atoms with Gasteiger partial charge in [0.25, 0.3) is 0 Å². The summed E-state index contributed by atoms with van der Waals surface area (Å²) in [5, 5.41) is 11.0. The molecule has 0 fully saturated rings. The summed E-state index contributed by atoms with van der Waals surface area (Å²) in [6, 6.07) is 0. The highest BCUT2D eigenvalue weighted by molar-refractivity contribution is 5.59. The molecule has 0 atom stereocenters. The number of rotatable bonds is 1. The SMILES string of the molecule is Cc1nnc(C2=CCNCC2)o1. The van der Waals surface area contributed by atoms with E-state index in [4.69, 9.17) is 4.42 Å². The third kappa shape index (κ3) is 1.38. The van der Waals surface area contributed by atoms with E-state index in [0.29, 0.717) is 11.8 Å². The van der Waals surface area contributed by atoms with Crippen LogP contribution in [0.5, 0.6) is 0 Å². The van der Waals surface area contributed by atoms with Crippen LogP contribution in [0.1, 0.15) is 18.2 Å². The first-order chi connectivity index (χ1) is 5.86. The molecule has 0 unspecified atom stereocenters. The summed E-state index contributed by atoms with van der Waals surface area (Å²) in [5.41, 5.74) is 1.16. The highest BCUT2D eigenvalue weighted by Gasteiger charge is 2.10. The summed E-state index contributed by atoms with van der Waals surface area (Å²) in [5.74, 6) is 1.30. The highest BCUT2D eigenvalue weighted by atomic mass is 16.4. The van der Waals surface area contributed by atoms with Crippen LogP contribution < -0.4 is 5.32 Å². The van der Waals surface area contributed by atoms with Crippen LogP contribution in [0, 0.1) is 6.92 Å². The van der Waals surface area contributed by atoms with Crippen molar-refractivity contribution in [2.45, 2.75) is 13.3 Å². The van der Waals surface area contributed by atoms with Gasteiger partial charge in [-0.05, 0) is 13.0 Å². The Hall–Kier alpha value is -1.16. The maximum Gasteiger partial charge on any atom is 0.243 e. The van der Waals surface area contributed by atoms with Gasteiger partial charge in [-0.2, -0.15) is 0 Å². The predicted molar refractivity (Wildman–Crippen MR) is 44.5 cm³/mol. The number of hydrogen-bond donors (Lipinski definition) is 1. The quantitative estimate of drug-likeness (QED) is 0.667. The van der Waals surface area contributed by atoms with Crippen molar-refractivity contribution in [1.29, 1.82) is 0 Å². The molecule has 0 saturated carbocycles. The van der Waals surface area contributed by atoms with E-state index in [2.05, 4.69) is 21.6 Å². The van der Waals surface area contributed by atoms with Gasteiger partial charge in [0.05, 0.1) is 0 Å². The lowest BCUT2D eigenvalue weighted by atomic mass is 10.1. The third-order valence-electron chi connectivity index (χ3n) is 1.86. The molecule has 0 aliphatic carbocycles. The first-order valence-electron chi connectivity index (χ1n) is 4.06. The topological polar surface area (TPSA) is 51.0 Å². The minimum atomic E-state index is 0.629. The average Bonchev–Trinajstić information content (AvgIpc) is 2.54. The minimum Gasteiger partial charge on any atom is -0.421 e. The lowest BCUT2D eigenvalue weighted by Crippen LogP contribution is -2.20. The molecule has 1 aliphatic heterocycles. The molecule has 0 aromatic carbocycles. The van der Waals surface area contributed by atoms with Gasteiger partial charge in [0, 0.05) is 19.0 Å². The Kier molecular flexibility index (Phi) is 1.91. The van der Waals surface area contributed by atoms with Gasteiger partial charge in [-0.3, -0.25) is 0 Å². The minimum absolute atomic E-state index is 0.629. The molecule has 4 heteroatoms. The molecule has 0 bridgehead atoms. The van der Waals surface area contributed by atoms with Crippen molar-refractivity contribution in [3.05, 3.63) is 17.9 Å². The second-order valence-electron chi connectivity index (χ2n) is 2.81. The third-order valence-corrected chi connectivity index (χ3v) is 1.86. The van der Waals surface area contributed by atoms with E-state index < -0.39 is 0 Å². The molecule has 0 spiro atoms. The second kappa shape index (κ2) is 3.06. The predicted octanol–water partition coefficient (Wildman–Crippen LogP) is 0.755. The Labute approximate surface area is 70.7 Å². The van der Waals surface area contributed by atoms with Crippen LogP contribution in [0.4, 0.5) is 0 Å². The van der Waals surface area contributed by atoms with Crippen molar-refractivity contribution in [3.63, 3.8) is 0 Å². The van der Waals surface area contributed by atoms with Crippen LogP contribution in [-0.4, -0.2) is 23.3 Å². The lowest BCUT2D eigenvalue weighted by Gasteiger charge is -2.09. The molecule has 1 aliphatic rings. The van der Waals surface area contributed by atoms with Crippen molar-refractivity contribution >= 4 is 5.57 Å². The summed E-state index contributed by atoms with van der Waals surface area (Å²) in [7, 11) is 0. The van der Waals surface area contributed by atoms with Gasteiger partial charge in [0.15, 0.2) is 0 Å². The van der Waals surface area contributed by atoms with Crippen molar-refractivity contribution in [1.82, 2.24) is 15.5 Å². The van der Waals surface area contributed by atoms with E-state index in [9.17, 15) is 0 Å². The molecule has 1 aromatic heterocycles. The maximum absolute atomic E-state index is 5.30. The monoisotopic (exact) mass is 165 g/mol. The molecule has 2 rings (SSSR count). The van der Waals surface area contributed by atoms with E-state index in [-0.39, 0.29) is 0 Å². The maximum atomic E-state index is 5.30. The molecule has 12 heavy (non-hydrogen) atoms. The van der Waals surface area contributed by atoms with Crippen molar-refractivity contribution < 1.29 is 4.42 Å². The largest absolute Gasteiger partial charge is 0.421 e. The molecule has 1 N–H and O–H groups in total. The summed E-state index contributed by atoms with van der Waals surface area (Å²) in [4.78, 5) is 0. The van der Waals surface area contributed by atoms with Crippen molar-refractivity contribution in [3.8, 4) is 0 Å². The first-order valence-corrected chi connectivity index (χ1v) is 4.06. The number of hydrogen-bond acceptors (Lipinski definition) is 4. The molecule has 0 saturated heterocycles. The molecule has 1 aromatic rings. The number of nitrogens with zero attached hydrogens (tertiary/aromatic N) is 2. The van der Waals surface area contributed by atoms with Crippen LogP contribution in [0.25, 0.3) is 5.57 Å². The number of nitrogens with one attached hydrogen (secondary N) is 1. The van der Waals surface area contributed by atoms with Crippen LogP contribution in [-0.2, 0) is 0 Å². The molecule has 4 nitrogen and oxygen atoms in total. The van der Waals surface area contributed by atoms with Gasteiger partial charge in [0.1, 0.15) is 0 Å². The smallest absolute Gasteiger partial charge is 0.243 e. The van der Waals surface area contributed by atoms with Crippen LogP contribution in [0.2, 0.25) is 0 Å². The zero-order valence-electron chi connectivity index (χ0n) is 7.00. The Bertz CT molecular complexity index is 303. The lowest BCUT2D eigenvalue weighted by molar-refractivity contribution is 0.501. The highest BCUT2D eigenvalue weighted by Crippen LogP contribution is 2.17. The zero-order chi connectivity index (χ0) is 8.39. The Balaban J connectivity index is 2.23. The molecule has 0 radical (unpaired) electrons. The second-order valence-corrected chi connectivity index (χ2v) is 2.81. The van der Waals surface area contributed by atoms with E-state index in [1.165, 1.54) is 0 Å². The molecule has 2 heterocycles. The van der Waals surface area contributed by atoms with Crippen molar-refractivity contribution in [2.75, 3.05) is 13.1 Å². The number of aryl methyl sites for hydroxylation is 1. The standard InChI is InChI=1S/C8H11N3O/c1-6-10-11-8(12-6)7-2-4-9-5-3-7/h2,9H,3-5H2,1H3. The van der Waals surface area contributed by atoms with Gasteiger partial charge < -0.3 is 9.73 Å². The van der Waals surface area contributed by atoms with Gasteiger partial charge in [-0.15, -0.1) is 10.2 Å². The van der Waals surface area contributed by atoms with E-state index in [1.807, 2.05) is 0 Å². The summed E-state index contributed by atoms with van der Waals surface area (Å²) in [6.07, 6.45) is 3.07. The van der Waals surface area contributed by atoms with E-state index >= 15 is 0 Å². The number of aromatic nitrogens is 2. The van der Waals surface area contributed by atoms with E-state index in [1.54, 1.807) is 6.92 Å². The van der Waals surface area contributed by atoms with Crippen molar-refractivity contribution in [2.24, 2.45) is 0 Å². The molecular formula is C8H11N3O. The normalized spacial score (nSPS) is 17.6. The molecular weight excluding hydrogens is 154 g/mol. The van der Waals surface area contributed by atoms with E-state index in [0.717, 1.165) is 25.1 Å². The Morgan fingerprint density at radius 2 is 2.42 bits per heavy atom. The molecule has 64 valence electrons. The Morgan fingerprint density at radius 3 is 3.00 bits per heavy atom. The first kappa shape index (κ1) is 7.49. The fraction of sp³-hybridized carbons (Fsp3) is 0.500. The fourth-order valence-corrected chi connectivity index (χ4v) is 1.24. The zero-order valence-corrected chi connectivity index (χ0v) is 7.00. The van der Waals surface area contributed by atoms with Crippen LogP contribution in [0.3, 0.4) is 0 Å². The van der Waals surface area contributed by atoms with Crippen LogP contribution >= 0.6 is 0 Å². The van der Waals surface area contributed by atoms with Gasteiger partial charge in [-0.25, -0.2) is 0 Å². The van der Waals surface area contributed by atoms with Gasteiger partial charge in [-0.1, -0.05) is 6.08 Å². The van der Waals surface area contributed by atoms with Crippen LogP contribution in [0.15, 0.2) is 10.5 Å². The van der Waals surface area contributed by atoms with Gasteiger partial charge in [0.2, 0.25) is 11.8 Å². The Morgan fingerprint density at radius 1 is 1.50 bits per heavy atom. The average molecular weight is 165 g/mol. The van der Waals surface area contributed by atoms with Gasteiger partial charge >= 0.3 is 0 Å². The summed E-state index contributed by atoms with van der Waals surface area (Å²) < 4.78 is 5.30. The summed E-state index contributed by atoms with van der Waals surface area (Å²) in [6.45, 7) is 3.70.